The van der Waals surface area contributed by atoms with Crippen molar-refractivity contribution in [2.24, 2.45) is 0 Å². The second kappa shape index (κ2) is 11.2. The lowest BCUT2D eigenvalue weighted by Crippen LogP contribution is -2.68. The zero-order chi connectivity index (χ0) is 26.9. The Labute approximate surface area is 235 Å². The lowest BCUT2D eigenvalue weighted by atomic mass is 10.0. The fourth-order valence-corrected chi connectivity index (χ4v) is 6.45. The number of benzene rings is 3. The summed E-state index contributed by atoms with van der Waals surface area (Å²) in [6, 6.07) is 24.6. The van der Waals surface area contributed by atoms with Crippen molar-refractivity contribution in [1.82, 2.24) is 15.2 Å². The predicted octanol–water partition coefficient (Wildman–Crippen LogP) is 3.05. The van der Waals surface area contributed by atoms with Gasteiger partial charge in [-0.1, -0.05) is 48.5 Å². The number of rotatable bonds is 6. The van der Waals surface area contributed by atoms with Gasteiger partial charge in [-0.15, -0.1) is 0 Å². The van der Waals surface area contributed by atoms with E-state index < -0.39 is 6.10 Å². The Balaban J connectivity index is 1.03. The number of ether oxygens (including phenoxy) is 3. The number of hydrazine groups is 1. The first-order valence-corrected chi connectivity index (χ1v) is 14.4. The fourth-order valence-electron chi connectivity index (χ4n) is 6.45. The van der Waals surface area contributed by atoms with Crippen molar-refractivity contribution in [3.05, 3.63) is 89.5 Å². The number of piperazine rings is 1. The van der Waals surface area contributed by atoms with Gasteiger partial charge in [0.15, 0.2) is 17.6 Å². The van der Waals surface area contributed by atoms with Crippen LogP contribution in [0.25, 0.3) is 0 Å². The van der Waals surface area contributed by atoms with Crippen LogP contribution in [-0.4, -0.2) is 79.9 Å². The van der Waals surface area contributed by atoms with Gasteiger partial charge >= 0.3 is 0 Å². The van der Waals surface area contributed by atoms with Gasteiger partial charge in [-0.3, -0.25) is 14.6 Å². The molecular formula is C32H36N4O4. The van der Waals surface area contributed by atoms with Crippen LogP contribution in [0.1, 0.15) is 16.7 Å². The summed E-state index contributed by atoms with van der Waals surface area (Å²) >= 11 is 0. The van der Waals surface area contributed by atoms with E-state index in [0.717, 1.165) is 62.8 Å². The monoisotopic (exact) mass is 540 g/mol. The number of nitrogens with one attached hydrogen (secondary N) is 1. The molecule has 0 aromatic heterocycles. The molecule has 0 spiro atoms. The standard InChI is InChI=1S/C32H36N4O4/c37-32-31(40-27-19-24-6-4-5-7-25(24)20-27)28(21-33-36(32)26-8-2-1-3-9-26)35-14-12-34(13-15-35)22-23-10-11-29-30(18-23)39-17-16-38-29/h1-11,18,27-28,31,33H,12-17,19-22H2. The summed E-state index contributed by atoms with van der Waals surface area (Å²) in [5.74, 6) is 1.65. The Hall–Kier alpha value is -3.43. The lowest BCUT2D eigenvalue weighted by Gasteiger charge is -2.46. The van der Waals surface area contributed by atoms with Crippen LogP contribution in [0.3, 0.4) is 0 Å². The number of nitrogens with zero attached hydrogens (tertiary/aromatic N) is 3. The van der Waals surface area contributed by atoms with Gasteiger partial charge in [0.2, 0.25) is 0 Å². The quantitative estimate of drug-likeness (QED) is 0.516. The molecule has 40 heavy (non-hydrogen) atoms. The molecule has 1 amide bonds. The number of fused-ring (bicyclic) bond motifs is 2. The summed E-state index contributed by atoms with van der Waals surface area (Å²) in [5, 5.41) is 1.68. The van der Waals surface area contributed by atoms with Crippen LogP contribution in [0.5, 0.6) is 11.5 Å². The Morgan fingerprint density at radius 2 is 1.52 bits per heavy atom. The molecule has 208 valence electrons. The smallest absolute Gasteiger partial charge is 0.272 e. The van der Waals surface area contributed by atoms with E-state index in [9.17, 15) is 4.79 Å². The van der Waals surface area contributed by atoms with Crippen molar-refractivity contribution in [1.29, 1.82) is 0 Å². The van der Waals surface area contributed by atoms with Crippen LogP contribution in [0.2, 0.25) is 0 Å². The minimum Gasteiger partial charge on any atom is -0.486 e. The van der Waals surface area contributed by atoms with Gasteiger partial charge in [-0.2, -0.15) is 0 Å². The van der Waals surface area contributed by atoms with Gasteiger partial charge in [0.25, 0.3) is 5.91 Å². The number of carbonyl (C=O) groups is 1. The number of anilines is 1. The van der Waals surface area contributed by atoms with Crippen molar-refractivity contribution in [2.45, 2.75) is 37.6 Å². The predicted molar refractivity (Wildman–Crippen MR) is 153 cm³/mol. The first-order chi connectivity index (χ1) is 19.7. The highest BCUT2D eigenvalue weighted by molar-refractivity contribution is 5.97. The average Bonchev–Trinajstić information content (AvgIpc) is 3.42. The van der Waals surface area contributed by atoms with E-state index in [0.29, 0.717) is 19.8 Å². The molecule has 3 aromatic carbocycles. The normalized spacial score (nSPS) is 23.8. The minimum absolute atomic E-state index is 0.0149. The van der Waals surface area contributed by atoms with Crippen molar-refractivity contribution in [3.8, 4) is 11.5 Å². The molecule has 0 saturated carbocycles. The molecule has 3 aromatic rings. The molecule has 7 rings (SSSR count). The van der Waals surface area contributed by atoms with Gasteiger partial charge in [0, 0.05) is 39.3 Å². The third-order valence-corrected chi connectivity index (χ3v) is 8.53. The second-order valence-corrected chi connectivity index (χ2v) is 11.1. The van der Waals surface area contributed by atoms with Gasteiger partial charge < -0.3 is 14.2 Å². The maximum absolute atomic E-state index is 13.9. The number of carbonyl (C=O) groups excluding carboxylic acids is 1. The largest absolute Gasteiger partial charge is 0.486 e. The van der Waals surface area contributed by atoms with E-state index >= 15 is 0 Å². The van der Waals surface area contributed by atoms with Gasteiger partial charge in [-0.25, -0.2) is 10.4 Å². The zero-order valence-electron chi connectivity index (χ0n) is 22.7. The van der Waals surface area contributed by atoms with Crippen molar-refractivity contribution in [3.63, 3.8) is 0 Å². The first-order valence-electron chi connectivity index (χ1n) is 14.4. The molecule has 8 heteroatoms. The molecule has 4 aliphatic rings. The van der Waals surface area contributed by atoms with E-state index in [1.165, 1.54) is 16.7 Å². The van der Waals surface area contributed by atoms with Crippen molar-refractivity contribution < 1.29 is 19.0 Å². The SMILES string of the molecule is O=C1C(OC2Cc3ccccc3C2)C(N2CCN(Cc3ccc4c(c3)OCCO4)CC2)CNN1c1ccccc1. The first kappa shape index (κ1) is 25.5. The van der Waals surface area contributed by atoms with Crippen LogP contribution in [0.15, 0.2) is 72.8 Å². The second-order valence-electron chi connectivity index (χ2n) is 11.1. The van der Waals surface area contributed by atoms with E-state index in [1.807, 2.05) is 36.4 Å². The maximum atomic E-state index is 13.9. The molecule has 3 aliphatic heterocycles. The molecule has 8 nitrogen and oxygen atoms in total. The number of amides is 1. The van der Waals surface area contributed by atoms with Crippen LogP contribution in [-0.2, 0) is 28.9 Å². The van der Waals surface area contributed by atoms with Crippen molar-refractivity contribution in [2.75, 3.05) is 50.9 Å². The highest BCUT2D eigenvalue weighted by Crippen LogP contribution is 2.32. The van der Waals surface area contributed by atoms with E-state index in [-0.39, 0.29) is 18.1 Å². The molecular weight excluding hydrogens is 504 g/mol. The Morgan fingerprint density at radius 3 is 2.27 bits per heavy atom. The van der Waals surface area contributed by atoms with Crippen LogP contribution < -0.4 is 19.9 Å². The summed E-state index contributed by atoms with van der Waals surface area (Å²) in [5.41, 5.74) is 8.15. The molecule has 0 bridgehead atoms. The molecule has 0 radical (unpaired) electrons. The summed E-state index contributed by atoms with van der Waals surface area (Å²) in [6.45, 7) is 6.38. The third kappa shape index (κ3) is 5.20. The molecule has 2 unspecified atom stereocenters. The number of para-hydroxylation sites is 1. The van der Waals surface area contributed by atoms with Gasteiger partial charge in [0.1, 0.15) is 13.2 Å². The molecule has 1 aliphatic carbocycles. The number of hydrogen-bond acceptors (Lipinski definition) is 7. The Bertz CT molecular complexity index is 1320. The van der Waals surface area contributed by atoms with Gasteiger partial charge in [0.05, 0.1) is 17.8 Å². The summed E-state index contributed by atoms with van der Waals surface area (Å²) in [4.78, 5) is 18.9. The molecule has 2 saturated heterocycles. The van der Waals surface area contributed by atoms with Crippen molar-refractivity contribution >= 4 is 11.6 Å². The topological polar surface area (TPSA) is 66.5 Å². The highest BCUT2D eigenvalue weighted by Gasteiger charge is 2.43. The summed E-state index contributed by atoms with van der Waals surface area (Å²) in [7, 11) is 0. The van der Waals surface area contributed by atoms with Crippen LogP contribution in [0.4, 0.5) is 5.69 Å². The molecule has 2 fully saturated rings. The Kier molecular flexibility index (Phi) is 7.16. The summed E-state index contributed by atoms with van der Waals surface area (Å²) in [6.07, 6.45) is 1.20. The van der Waals surface area contributed by atoms with E-state index in [4.69, 9.17) is 14.2 Å². The average molecular weight is 541 g/mol. The molecule has 3 heterocycles. The fraction of sp³-hybridized carbons (Fsp3) is 0.406. The molecule has 1 N–H and O–H groups in total. The van der Waals surface area contributed by atoms with Gasteiger partial charge in [-0.05, 0) is 53.8 Å². The summed E-state index contributed by atoms with van der Waals surface area (Å²) < 4.78 is 18.2. The Morgan fingerprint density at radius 1 is 0.825 bits per heavy atom. The third-order valence-electron chi connectivity index (χ3n) is 8.53. The molecule has 2 atom stereocenters. The van der Waals surface area contributed by atoms with Crippen LogP contribution in [0, 0.1) is 0 Å². The van der Waals surface area contributed by atoms with E-state index in [2.05, 4.69) is 51.6 Å². The maximum Gasteiger partial charge on any atom is 0.272 e. The van der Waals surface area contributed by atoms with E-state index in [1.54, 1.807) is 5.01 Å². The number of hydrogen-bond donors (Lipinski definition) is 1. The zero-order valence-corrected chi connectivity index (χ0v) is 22.7. The highest BCUT2D eigenvalue weighted by atomic mass is 16.6. The minimum atomic E-state index is -0.523. The lowest BCUT2D eigenvalue weighted by molar-refractivity contribution is -0.145. The van der Waals surface area contributed by atoms with Crippen LogP contribution >= 0.6 is 0 Å².